The Hall–Kier alpha value is -3.34. The Morgan fingerprint density at radius 3 is 2.23 bits per heavy atom. The maximum Gasteiger partial charge on any atom is 0.306 e. The molecule has 0 radical (unpaired) electrons. The molecule has 4 aromatic rings. The minimum atomic E-state index is -0.463. The predicted molar refractivity (Wildman–Crippen MR) is 158 cm³/mol. The summed E-state index contributed by atoms with van der Waals surface area (Å²) in [4.78, 5) is 30.9. The van der Waals surface area contributed by atoms with Gasteiger partial charge in [0, 0.05) is 23.3 Å². The number of fused-ring (bicyclic) bond motifs is 1. The lowest BCUT2D eigenvalue weighted by Gasteiger charge is -2.24. The number of halogens is 1. The smallest absolute Gasteiger partial charge is 0.306 e. The number of benzene rings is 3. The number of carbonyl (C=O) groups is 1. The fourth-order valence-corrected chi connectivity index (χ4v) is 6.07. The van der Waals surface area contributed by atoms with Crippen molar-refractivity contribution in [3.8, 4) is 6.01 Å². The highest BCUT2D eigenvalue weighted by atomic mass is 127. The number of carbonyl (C=O) groups excluding carboxylic acids is 1. The molecular formula is C32H29IN2O5. The zero-order valence-electron chi connectivity index (χ0n) is 21.8. The maximum absolute atomic E-state index is 13.4. The van der Waals surface area contributed by atoms with Crippen molar-refractivity contribution in [2.24, 2.45) is 11.3 Å². The van der Waals surface area contributed by atoms with Gasteiger partial charge in [-0.05, 0) is 52.3 Å². The molecule has 0 bridgehead atoms. The third-order valence-electron chi connectivity index (χ3n) is 7.86. The van der Waals surface area contributed by atoms with Gasteiger partial charge in [-0.2, -0.15) is 4.57 Å². The number of nitrogens with zero attached hydrogens (tertiary/aromatic N) is 2. The van der Waals surface area contributed by atoms with Gasteiger partial charge in [-0.3, -0.25) is 9.59 Å². The number of hydrogen-bond acceptors (Lipinski definition) is 6. The van der Waals surface area contributed by atoms with Crippen LogP contribution in [0.25, 0.3) is 0 Å². The molecule has 8 heteroatoms. The van der Waals surface area contributed by atoms with Crippen LogP contribution in [-0.4, -0.2) is 34.3 Å². The lowest BCUT2D eigenvalue weighted by atomic mass is 10.0. The van der Waals surface area contributed by atoms with Crippen molar-refractivity contribution in [2.75, 3.05) is 6.61 Å². The van der Waals surface area contributed by atoms with Gasteiger partial charge in [-0.15, -0.1) is 0 Å². The highest BCUT2D eigenvalue weighted by Gasteiger charge is 2.69. The molecule has 0 aliphatic heterocycles. The highest BCUT2D eigenvalue weighted by molar-refractivity contribution is 14.1. The van der Waals surface area contributed by atoms with E-state index in [0.29, 0.717) is 35.4 Å². The minimum absolute atomic E-state index is 0.0129. The maximum atomic E-state index is 13.4. The van der Waals surface area contributed by atoms with Gasteiger partial charge < -0.3 is 14.2 Å². The lowest BCUT2D eigenvalue weighted by Crippen LogP contribution is -2.33. The first-order chi connectivity index (χ1) is 19.5. The SMILES string of the molecule is O=C(c1ccccc1)n1c(O[C@H]2C[C@H](OCc3ccccc3)[C@]3(COCc4ccccc4)C[C@H]23)ncc(I)c1=O. The molecule has 2 aliphatic carbocycles. The fourth-order valence-electron chi connectivity index (χ4n) is 5.69. The number of ether oxygens (including phenoxy) is 3. The van der Waals surface area contributed by atoms with Crippen molar-refractivity contribution in [2.45, 2.75) is 38.3 Å². The normalized spacial score (nSPS) is 23.0. The third-order valence-corrected chi connectivity index (χ3v) is 8.60. The molecule has 3 aromatic carbocycles. The summed E-state index contributed by atoms with van der Waals surface area (Å²) >= 11 is 1.90. The van der Waals surface area contributed by atoms with Crippen LogP contribution in [-0.2, 0) is 22.7 Å². The fraction of sp³-hybridized carbons (Fsp3) is 0.281. The molecule has 1 aromatic heterocycles. The second kappa shape index (κ2) is 11.6. The molecule has 4 atom stereocenters. The quantitative estimate of drug-likeness (QED) is 0.212. The molecule has 7 nitrogen and oxygen atoms in total. The van der Waals surface area contributed by atoms with E-state index in [9.17, 15) is 9.59 Å². The molecule has 2 saturated carbocycles. The number of rotatable bonds is 10. The van der Waals surface area contributed by atoms with Gasteiger partial charge in [0.15, 0.2) is 0 Å². The second-order valence-corrected chi connectivity index (χ2v) is 11.6. The van der Waals surface area contributed by atoms with E-state index in [2.05, 4.69) is 29.2 Å². The van der Waals surface area contributed by atoms with Gasteiger partial charge in [-0.1, -0.05) is 78.9 Å². The van der Waals surface area contributed by atoms with Gasteiger partial charge >= 0.3 is 6.01 Å². The topological polar surface area (TPSA) is 79.7 Å². The Balaban J connectivity index is 1.23. The van der Waals surface area contributed by atoms with Gasteiger partial charge in [0.05, 0.1) is 35.7 Å². The van der Waals surface area contributed by atoms with Gasteiger partial charge in [0.25, 0.3) is 11.5 Å². The summed E-state index contributed by atoms with van der Waals surface area (Å²) in [6, 6.07) is 28.9. The van der Waals surface area contributed by atoms with Crippen molar-refractivity contribution < 1.29 is 19.0 Å². The summed E-state index contributed by atoms with van der Waals surface area (Å²) in [5, 5.41) is 0. The molecule has 2 fully saturated rings. The molecule has 204 valence electrons. The molecule has 0 N–H and O–H groups in total. The Kier molecular flexibility index (Phi) is 7.82. The molecule has 0 spiro atoms. The van der Waals surface area contributed by atoms with Crippen LogP contribution < -0.4 is 10.3 Å². The predicted octanol–water partition coefficient (Wildman–Crippen LogP) is 5.50. The molecule has 2 aliphatic rings. The Morgan fingerprint density at radius 2 is 1.55 bits per heavy atom. The van der Waals surface area contributed by atoms with E-state index in [0.717, 1.165) is 22.1 Å². The molecule has 0 unspecified atom stereocenters. The number of aromatic nitrogens is 2. The van der Waals surface area contributed by atoms with E-state index in [-0.39, 0.29) is 29.6 Å². The average molecular weight is 648 g/mol. The van der Waals surface area contributed by atoms with Crippen molar-refractivity contribution in [3.63, 3.8) is 0 Å². The summed E-state index contributed by atoms with van der Waals surface area (Å²) in [5.41, 5.74) is 1.99. The van der Waals surface area contributed by atoms with Crippen LogP contribution in [0.4, 0.5) is 0 Å². The van der Waals surface area contributed by atoms with Gasteiger partial charge in [-0.25, -0.2) is 4.98 Å². The van der Waals surface area contributed by atoms with Crippen LogP contribution in [0.1, 0.15) is 34.3 Å². The first kappa shape index (κ1) is 26.9. The van der Waals surface area contributed by atoms with Crippen molar-refractivity contribution >= 4 is 28.5 Å². The van der Waals surface area contributed by atoms with E-state index < -0.39 is 11.5 Å². The van der Waals surface area contributed by atoms with Crippen LogP contribution in [0.15, 0.2) is 102 Å². The zero-order valence-corrected chi connectivity index (χ0v) is 24.0. The summed E-state index contributed by atoms with van der Waals surface area (Å²) in [6.45, 7) is 1.56. The zero-order chi connectivity index (χ0) is 27.5. The lowest BCUT2D eigenvalue weighted by molar-refractivity contribution is -0.0415. The Labute approximate surface area is 246 Å². The molecule has 1 heterocycles. The van der Waals surface area contributed by atoms with E-state index >= 15 is 0 Å². The standard InChI is InChI=1S/C32H29IN2O5/c33-26-18-34-31(35(30(26)37)29(36)24-14-8-3-9-15-24)40-27-16-28(39-20-23-12-6-2-7-13-23)32(17-25(27)32)21-38-19-22-10-4-1-5-11-22/h1-15,18,25,27-28H,16-17,19-21H2/t25-,27+,28+,32+/m1/s1. The van der Waals surface area contributed by atoms with Crippen LogP contribution in [0, 0.1) is 14.9 Å². The van der Waals surface area contributed by atoms with Crippen molar-refractivity contribution in [1.82, 2.24) is 9.55 Å². The molecule has 0 amide bonds. The first-order valence-electron chi connectivity index (χ1n) is 13.4. The van der Waals surface area contributed by atoms with Crippen LogP contribution in [0.3, 0.4) is 0 Å². The molecule has 40 heavy (non-hydrogen) atoms. The van der Waals surface area contributed by atoms with Crippen LogP contribution >= 0.6 is 22.6 Å². The number of hydrogen-bond donors (Lipinski definition) is 0. The summed E-state index contributed by atoms with van der Waals surface area (Å²) < 4.78 is 20.5. The minimum Gasteiger partial charge on any atom is -0.461 e. The molecule has 0 saturated heterocycles. The van der Waals surface area contributed by atoms with Gasteiger partial charge in [0.2, 0.25) is 0 Å². The van der Waals surface area contributed by atoms with E-state index in [1.54, 1.807) is 24.3 Å². The highest BCUT2D eigenvalue weighted by Crippen LogP contribution is 2.65. The second-order valence-electron chi connectivity index (χ2n) is 10.4. The summed E-state index contributed by atoms with van der Waals surface area (Å²) in [7, 11) is 0. The first-order valence-corrected chi connectivity index (χ1v) is 14.4. The summed E-state index contributed by atoms with van der Waals surface area (Å²) in [6.07, 6.45) is 2.60. The van der Waals surface area contributed by atoms with Gasteiger partial charge in [0.1, 0.15) is 6.10 Å². The van der Waals surface area contributed by atoms with Crippen molar-refractivity contribution in [3.05, 3.63) is 128 Å². The van der Waals surface area contributed by atoms with Crippen LogP contribution in [0.2, 0.25) is 0 Å². The van der Waals surface area contributed by atoms with Crippen molar-refractivity contribution in [1.29, 1.82) is 0 Å². The average Bonchev–Trinajstić information content (AvgIpc) is 3.66. The van der Waals surface area contributed by atoms with Crippen LogP contribution in [0.5, 0.6) is 6.01 Å². The third kappa shape index (κ3) is 5.48. The van der Waals surface area contributed by atoms with E-state index in [1.807, 2.05) is 65.1 Å². The Morgan fingerprint density at radius 1 is 0.925 bits per heavy atom. The van der Waals surface area contributed by atoms with E-state index in [4.69, 9.17) is 14.2 Å². The molecule has 6 rings (SSSR count). The largest absolute Gasteiger partial charge is 0.461 e. The summed E-state index contributed by atoms with van der Waals surface area (Å²) in [5.74, 6) is -0.296. The monoisotopic (exact) mass is 648 g/mol. The Bertz CT molecular complexity index is 1530. The van der Waals surface area contributed by atoms with E-state index in [1.165, 1.54) is 6.20 Å². The molecular weight excluding hydrogens is 619 g/mol.